The summed E-state index contributed by atoms with van der Waals surface area (Å²) < 4.78 is 4.32. The molecule has 0 amide bonds. The second kappa shape index (κ2) is 4.61. The van der Waals surface area contributed by atoms with E-state index in [0.29, 0.717) is 11.7 Å². The van der Waals surface area contributed by atoms with Crippen molar-refractivity contribution < 1.29 is 0 Å². The lowest BCUT2D eigenvalue weighted by atomic mass is 10.1. The lowest BCUT2D eigenvalue weighted by Gasteiger charge is -2.24. The number of imidazole rings is 1. The zero-order valence-electron chi connectivity index (χ0n) is 10.8. The van der Waals surface area contributed by atoms with Crippen LogP contribution in [0.1, 0.15) is 25.8 Å². The summed E-state index contributed by atoms with van der Waals surface area (Å²) in [4.78, 5) is 0. The van der Waals surface area contributed by atoms with E-state index in [1.807, 2.05) is 0 Å². The van der Waals surface area contributed by atoms with Crippen LogP contribution in [0.15, 0.2) is 24.3 Å². The standard InChI is InChI=1S/C14H20N4/c1-2-17-12-5-3-4-6-13(12)18(14(17)15)11-7-9-16-10-8-11/h3-6,11,15-16H,2,7-10H2,1H3. The molecule has 1 saturated heterocycles. The molecule has 3 rings (SSSR count). The van der Waals surface area contributed by atoms with Crippen molar-refractivity contribution in [2.75, 3.05) is 13.1 Å². The molecule has 1 aliphatic heterocycles. The van der Waals surface area contributed by atoms with Gasteiger partial charge in [-0.2, -0.15) is 0 Å². The van der Waals surface area contributed by atoms with E-state index in [1.165, 1.54) is 11.0 Å². The maximum Gasteiger partial charge on any atom is 0.203 e. The highest BCUT2D eigenvalue weighted by Gasteiger charge is 2.19. The molecule has 96 valence electrons. The predicted molar refractivity (Wildman–Crippen MR) is 72.6 cm³/mol. The number of hydrogen-bond acceptors (Lipinski definition) is 2. The molecular weight excluding hydrogens is 224 g/mol. The van der Waals surface area contributed by atoms with Crippen LogP contribution in [0.25, 0.3) is 11.0 Å². The summed E-state index contributed by atoms with van der Waals surface area (Å²) in [5.41, 5.74) is 3.03. The summed E-state index contributed by atoms with van der Waals surface area (Å²) in [5.74, 6) is 0. The first kappa shape index (κ1) is 11.5. The molecule has 1 fully saturated rings. The second-order valence-electron chi connectivity index (χ2n) is 4.91. The number of hydrogen-bond donors (Lipinski definition) is 2. The fraction of sp³-hybridized carbons (Fsp3) is 0.500. The highest BCUT2D eigenvalue weighted by atomic mass is 15.2. The Morgan fingerprint density at radius 2 is 1.89 bits per heavy atom. The van der Waals surface area contributed by atoms with E-state index in [0.717, 1.165) is 32.5 Å². The molecule has 2 aromatic rings. The highest BCUT2D eigenvalue weighted by molar-refractivity contribution is 5.76. The molecule has 0 spiro atoms. The number of para-hydroxylation sites is 2. The fourth-order valence-corrected chi connectivity index (χ4v) is 3.01. The lowest BCUT2D eigenvalue weighted by molar-refractivity contribution is 0.360. The van der Waals surface area contributed by atoms with Crippen molar-refractivity contribution in [3.05, 3.63) is 29.9 Å². The molecule has 0 bridgehead atoms. The smallest absolute Gasteiger partial charge is 0.203 e. The van der Waals surface area contributed by atoms with Crippen molar-refractivity contribution in [3.63, 3.8) is 0 Å². The second-order valence-corrected chi connectivity index (χ2v) is 4.91. The third-order valence-corrected chi connectivity index (χ3v) is 3.91. The molecule has 0 radical (unpaired) electrons. The third-order valence-electron chi connectivity index (χ3n) is 3.91. The zero-order valence-corrected chi connectivity index (χ0v) is 10.8. The van der Waals surface area contributed by atoms with Gasteiger partial charge in [-0.05, 0) is 45.0 Å². The summed E-state index contributed by atoms with van der Waals surface area (Å²) in [5, 5.41) is 11.8. The third kappa shape index (κ3) is 1.68. The Balaban J connectivity index is 2.21. The minimum atomic E-state index is 0.469. The molecule has 0 saturated carbocycles. The molecule has 4 heteroatoms. The number of nitrogens with zero attached hydrogens (tertiary/aromatic N) is 2. The molecule has 1 aliphatic rings. The number of aryl methyl sites for hydroxylation is 1. The first-order valence-corrected chi connectivity index (χ1v) is 6.78. The first-order chi connectivity index (χ1) is 8.83. The Labute approximate surface area is 107 Å². The van der Waals surface area contributed by atoms with Gasteiger partial charge in [0.25, 0.3) is 0 Å². The highest BCUT2D eigenvalue weighted by Crippen LogP contribution is 2.22. The number of fused-ring (bicyclic) bond motifs is 1. The molecule has 1 aromatic carbocycles. The van der Waals surface area contributed by atoms with Crippen LogP contribution < -0.4 is 10.9 Å². The van der Waals surface area contributed by atoms with E-state index in [1.54, 1.807) is 0 Å². The van der Waals surface area contributed by atoms with Gasteiger partial charge in [0.05, 0.1) is 11.0 Å². The Bertz CT molecular complexity index is 602. The maximum absolute atomic E-state index is 8.42. The number of benzene rings is 1. The first-order valence-electron chi connectivity index (χ1n) is 6.78. The van der Waals surface area contributed by atoms with E-state index >= 15 is 0 Å². The van der Waals surface area contributed by atoms with Gasteiger partial charge in [-0.15, -0.1) is 0 Å². The Hall–Kier alpha value is -1.55. The minimum absolute atomic E-state index is 0.469. The van der Waals surface area contributed by atoms with Crippen molar-refractivity contribution in [2.24, 2.45) is 0 Å². The number of piperidine rings is 1. The lowest BCUT2D eigenvalue weighted by Crippen LogP contribution is -2.34. The van der Waals surface area contributed by atoms with Gasteiger partial charge < -0.3 is 14.5 Å². The van der Waals surface area contributed by atoms with Gasteiger partial charge >= 0.3 is 0 Å². The normalized spacial score (nSPS) is 17.4. The van der Waals surface area contributed by atoms with Crippen molar-refractivity contribution in [1.29, 1.82) is 5.41 Å². The Kier molecular flexibility index (Phi) is 2.96. The maximum atomic E-state index is 8.42. The van der Waals surface area contributed by atoms with Crippen LogP contribution in [0.2, 0.25) is 0 Å². The fourth-order valence-electron chi connectivity index (χ4n) is 3.01. The number of rotatable bonds is 2. The number of nitrogens with one attached hydrogen (secondary N) is 2. The molecule has 1 aromatic heterocycles. The molecule has 2 N–H and O–H groups in total. The van der Waals surface area contributed by atoms with Gasteiger partial charge in [0, 0.05) is 12.6 Å². The predicted octanol–water partition coefficient (Wildman–Crippen LogP) is 1.87. The van der Waals surface area contributed by atoms with Crippen LogP contribution in [0.4, 0.5) is 0 Å². The average molecular weight is 244 g/mol. The van der Waals surface area contributed by atoms with Gasteiger partial charge in [-0.1, -0.05) is 12.1 Å². The van der Waals surface area contributed by atoms with Gasteiger partial charge in [-0.3, -0.25) is 5.41 Å². The van der Waals surface area contributed by atoms with E-state index in [4.69, 9.17) is 5.41 Å². The van der Waals surface area contributed by atoms with Crippen LogP contribution in [-0.2, 0) is 6.54 Å². The number of aromatic nitrogens is 2. The summed E-state index contributed by atoms with van der Waals surface area (Å²) >= 11 is 0. The quantitative estimate of drug-likeness (QED) is 0.832. The van der Waals surface area contributed by atoms with Crippen molar-refractivity contribution in [1.82, 2.24) is 14.5 Å². The van der Waals surface area contributed by atoms with Crippen molar-refractivity contribution in [3.8, 4) is 0 Å². The van der Waals surface area contributed by atoms with Crippen molar-refractivity contribution in [2.45, 2.75) is 32.4 Å². The molecule has 0 aliphatic carbocycles. The van der Waals surface area contributed by atoms with Crippen LogP contribution in [-0.4, -0.2) is 22.2 Å². The van der Waals surface area contributed by atoms with E-state index in [-0.39, 0.29) is 0 Å². The zero-order chi connectivity index (χ0) is 12.5. The van der Waals surface area contributed by atoms with Gasteiger partial charge in [-0.25, -0.2) is 0 Å². The SMILES string of the molecule is CCn1c(=N)n(C2CCNCC2)c2ccccc21. The van der Waals surface area contributed by atoms with Crippen LogP contribution in [0.3, 0.4) is 0 Å². The largest absolute Gasteiger partial charge is 0.317 e. The molecule has 18 heavy (non-hydrogen) atoms. The Morgan fingerprint density at radius 1 is 1.22 bits per heavy atom. The summed E-state index contributed by atoms with van der Waals surface area (Å²) in [6.07, 6.45) is 2.24. The monoisotopic (exact) mass is 244 g/mol. The van der Waals surface area contributed by atoms with Crippen molar-refractivity contribution >= 4 is 11.0 Å². The minimum Gasteiger partial charge on any atom is -0.317 e. The summed E-state index contributed by atoms with van der Waals surface area (Å²) in [6.45, 7) is 5.08. The molecule has 0 unspecified atom stereocenters. The molecule has 4 nitrogen and oxygen atoms in total. The molecular formula is C14H20N4. The average Bonchev–Trinajstić information content (AvgIpc) is 2.71. The Morgan fingerprint density at radius 3 is 2.56 bits per heavy atom. The van der Waals surface area contributed by atoms with Crippen LogP contribution in [0.5, 0.6) is 0 Å². The van der Waals surface area contributed by atoms with Crippen LogP contribution in [0, 0.1) is 5.41 Å². The topological polar surface area (TPSA) is 45.7 Å². The van der Waals surface area contributed by atoms with Crippen LogP contribution >= 0.6 is 0 Å². The molecule has 2 heterocycles. The summed E-state index contributed by atoms with van der Waals surface area (Å²) in [6, 6.07) is 8.85. The summed E-state index contributed by atoms with van der Waals surface area (Å²) in [7, 11) is 0. The van der Waals surface area contributed by atoms with E-state index < -0.39 is 0 Å². The van der Waals surface area contributed by atoms with Gasteiger partial charge in [0.2, 0.25) is 5.62 Å². The van der Waals surface area contributed by atoms with Gasteiger partial charge in [0.15, 0.2) is 0 Å². The van der Waals surface area contributed by atoms with E-state index in [2.05, 4.69) is 45.6 Å². The van der Waals surface area contributed by atoms with Gasteiger partial charge in [0.1, 0.15) is 0 Å². The van der Waals surface area contributed by atoms with E-state index in [9.17, 15) is 0 Å². The molecule has 0 atom stereocenters.